The maximum Gasteiger partial charge on any atom is 0.248 e. The van der Waals surface area contributed by atoms with Gasteiger partial charge in [-0.05, 0) is 48.3 Å². The lowest BCUT2D eigenvalue weighted by molar-refractivity contribution is -0.00317. The first-order chi connectivity index (χ1) is 9.69. The van der Waals surface area contributed by atoms with E-state index >= 15 is 0 Å². The molecule has 0 saturated heterocycles. The first-order valence-electron chi connectivity index (χ1n) is 7.51. The second-order valence-electron chi connectivity index (χ2n) is 7.51. The van der Waals surface area contributed by atoms with Crippen molar-refractivity contribution in [2.75, 3.05) is 11.9 Å². The van der Waals surface area contributed by atoms with Crippen molar-refractivity contribution in [2.24, 2.45) is 16.6 Å². The van der Waals surface area contributed by atoms with E-state index in [0.717, 1.165) is 31.5 Å². The van der Waals surface area contributed by atoms with E-state index in [9.17, 15) is 9.90 Å². The van der Waals surface area contributed by atoms with Crippen molar-refractivity contribution < 1.29 is 9.90 Å². The van der Waals surface area contributed by atoms with Crippen LogP contribution in [0.5, 0.6) is 0 Å². The fourth-order valence-corrected chi connectivity index (χ4v) is 3.81. The molecule has 1 saturated carbocycles. The van der Waals surface area contributed by atoms with Crippen LogP contribution in [0.15, 0.2) is 24.3 Å². The summed E-state index contributed by atoms with van der Waals surface area (Å²) in [7, 11) is 0. The molecule has 1 aliphatic carbocycles. The molecule has 0 radical (unpaired) electrons. The molecule has 1 aliphatic rings. The number of rotatable bonds is 4. The van der Waals surface area contributed by atoms with E-state index in [2.05, 4.69) is 26.1 Å². The fourth-order valence-electron chi connectivity index (χ4n) is 3.81. The molecule has 1 aromatic carbocycles. The maximum atomic E-state index is 11.2. The third-order valence-electron chi connectivity index (χ3n) is 4.29. The number of carbonyl (C=O) groups is 1. The van der Waals surface area contributed by atoms with Crippen molar-refractivity contribution in [1.82, 2.24) is 0 Å². The summed E-state index contributed by atoms with van der Waals surface area (Å²) in [5.41, 5.74) is 6.91. The third-order valence-corrected chi connectivity index (χ3v) is 4.29. The number of aliphatic hydroxyl groups is 1. The first-order valence-corrected chi connectivity index (χ1v) is 7.51. The van der Waals surface area contributed by atoms with Gasteiger partial charge in [-0.3, -0.25) is 4.79 Å². The van der Waals surface area contributed by atoms with Crippen molar-refractivity contribution in [3.8, 4) is 0 Å². The lowest BCUT2D eigenvalue weighted by atomic mass is 9.63. The van der Waals surface area contributed by atoms with E-state index in [1.165, 1.54) is 0 Å². The van der Waals surface area contributed by atoms with Gasteiger partial charge in [-0.15, -0.1) is 0 Å². The van der Waals surface area contributed by atoms with Gasteiger partial charge >= 0.3 is 0 Å². The van der Waals surface area contributed by atoms with Crippen molar-refractivity contribution in [3.05, 3.63) is 29.8 Å². The van der Waals surface area contributed by atoms with E-state index in [1.807, 2.05) is 12.1 Å². The van der Waals surface area contributed by atoms with Gasteiger partial charge in [0.2, 0.25) is 5.91 Å². The quantitative estimate of drug-likeness (QED) is 0.798. The first kappa shape index (κ1) is 15.8. The number of hydrogen-bond acceptors (Lipinski definition) is 3. The van der Waals surface area contributed by atoms with Gasteiger partial charge in [0.25, 0.3) is 0 Å². The number of hydrogen-bond donors (Lipinski definition) is 3. The monoisotopic (exact) mass is 290 g/mol. The van der Waals surface area contributed by atoms with Gasteiger partial charge in [0.15, 0.2) is 0 Å². The molecule has 116 valence electrons. The van der Waals surface area contributed by atoms with Crippen LogP contribution in [0, 0.1) is 10.8 Å². The zero-order valence-electron chi connectivity index (χ0n) is 13.1. The Balaban J connectivity index is 2.04. The van der Waals surface area contributed by atoms with Crippen LogP contribution in [-0.4, -0.2) is 23.7 Å². The van der Waals surface area contributed by atoms with Gasteiger partial charge in [-0.1, -0.05) is 26.8 Å². The number of carbonyl (C=O) groups excluding carboxylic acids is 1. The molecule has 0 spiro atoms. The molecule has 0 aliphatic heterocycles. The van der Waals surface area contributed by atoms with Crippen LogP contribution in [-0.2, 0) is 0 Å². The Hall–Kier alpha value is -1.55. The van der Waals surface area contributed by atoms with Crippen molar-refractivity contribution in [1.29, 1.82) is 0 Å². The van der Waals surface area contributed by atoms with Gasteiger partial charge in [-0.25, -0.2) is 0 Å². The summed E-state index contributed by atoms with van der Waals surface area (Å²) >= 11 is 0. The van der Waals surface area contributed by atoms with Crippen LogP contribution < -0.4 is 11.1 Å². The Morgan fingerprint density at radius 2 is 2.10 bits per heavy atom. The van der Waals surface area contributed by atoms with Gasteiger partial charge in [0.05, 0.1) is 6.10 Å². The second-order valence-corrected chi connectivity index (χ2v) is 7.51. The number of anilines is 1. The summed E-state index contributed by atoms with van der Waals surface area (Å²) in [6.07, 6.45) is 2.50. The van der Waals surface area contributed by atoms with Gasteiger partial charge in [0.1, 0.15) is 0 Å². The molecule has 0 heterocycles. The minimum Gasteiger partial charge on any atom is -0.393 e. The number of benzene rings is 1. The highest BCUT2D eigenvalue weighted by molar-refractivity contribution is 5.93. The largest absolute Gasteiger partial charge is 0.393 e. The highest BCUT2D eigenvalue weighted by Gasteiger charge is 2.40. The van der Waals surface area contributed by atoms with Gasteiger partial charge in [-0.2, -0.15) is 0 Å². The van der Waals surface area contributed by atoms with Crippen molar-refractivity contribution >= 4 is 11.6 Å². The second kappa shape index (κ2) is 5.68. The van der Waals surface area contributed by atoms with Crippen LogP contribution in [0.1, 0.15) is 50.4 Å². The van der Waals surface area contributed by atoms with Crippen molar-refractivity contribution in [2.45, 2.75) is 46.1 Å². The van der Waals surface area contributed by atoms with Crippen LogP contribution >= 0.6 is 0 Å². The summed E-state index contributed by atoms with van der Waals surface area (Å²) in [4.78, 5) is 11.2. The minimum atomic E-state index is -0.418. The average molecular weight is 290 g/mol. The predicted molar refractivity (Wildman–Crippen MR) is 85.2 cm³/mol. The molecule has 2 unspecified atom stereocenters. The SMILES string of the molecule is CC1(C)CC(O)CC(C)(CNc2cccc(C(N)=O)c2)C1. The molecule has 1 fully saturated rings. The third kappa shape index (κ3) is 4.21. The standard InChI is InChI=1S/C17H26N2O2/c1-16(2)8-14(20)9-17(3,10-16)11-19-13-6-4-5-12(7-13)15(18)21/h4-7,14,19-20H,8-11H2,1-3H3,(H2,18,21). The molecule has 21 heavy (non-hydrogen) atoms. The zero-order valence-corrected chi connectivity index (χ0v) is 13.1. The van der Waals surface area contributed by atoms with E-state index in [1.54, 1.807) is 12.1 Å². The van der Waals surface area contributed by atoms with Gasteiger partial charge in [0, 0.05) is 17.8 Å². The van der Waals surface area contributed by atoms with Crippen LogP contribution in [0.3, 0.4) is 0 Å². The van der Waals surface area contributed by atoms with Crippen LogP contribution in [0.2, 0.25) is 0 Å². The fraction of sp³-hybridized carbons (Fsp3) is 0.588. The Bertz CT molecular complexity index is 527. The van der Waals surface area contributed by atoms with Crippen LogP contribution in [0.25, 0.3) is 0 Å². The Labute approximate surface area is 126 Å². The molecule has 2 rings (SSSR count). The number of primary amides is 1. The molecule has 4 N–H and O–H groups in total. The summed E-state index contributed by atoms with van der Waals surface area (Å²) < 4.78 is 0. The Morgan fingerprint density at radius 3 is 2.71 bits per heavy atom. The summed E-state index contributed by atoms with van der Waals surface area (Å²) in [5, 5.41) is 13.5. The molecule has 2 atom stereocenters. The highest BCUT2D eigenvalue weighted by atomic mass is 16.3. The normalized spacial score (nSPS) is 28.1. The van der Waals surface area contributed by atoms with Crippen LogP contribution in [0.4, 0.5) is 5.69 Å². The lowest BCUT2D eigenvalue weighted by Gasteiger charge is -2.45. The summed E-state index contributed by atoms with van der Waals surface area (Å²) in [6, 6.07) is 7.24. The topological polar surface area (TPSA) is 75.3 Å². The van der Waals surface area contributed by atoms with Gasteiger partial charge < -0.3 is 16.2 Å². The number of amides is 1. The maximum absolute atomic E-state index is 11.2. The molecular formula is C17H26N2O2. The number of nitrogens with two attached hydrogens (primary N) is 1. The van der Waals surface area contributed by atoms with Crippen molar-refractivity contribution in [3.63, 3.8) is 0 Å². The molecular weight excluding hydrogens is 264 g/mol. The highest BCUT2D eigenvalue weighted by Crippen LogP contribution is 2.46. The van der Waals surface area contributed by atoms with E-state index in [-0.39, 0.29) is 16.9 Å². The molecule has 0 aromatic heterocycles. The lowest BCUT2D eigenvalue weighted by Crippen LogP contribution is -2.42. The summed E-state index contributed by atoms with van der Waals surface area (Å²) in [6.45, 7) is 7.40. The number of aliphatic hydroxyl groups excluding tert-OH is 1. The molecule has 1 amide bonds. The minimum absolute atomic E-state index is 0.0455. The molecule has 4 nitrogen and oxygen atoms in total. The van der Waals surface area contributed by atoms with E-state index in [4.69, 9.17) is 5.73 Å². The molecule has 0 bridgehead atoms. The molecule has 1 aromatic rings. The van der Waals surface area contributed by atoms with E-state index in [0.29, 0.717) is 5.56 Å². The Kier molecular flexibility index (Phi) is 4.28. The predicted octanol–water partition coefficient (Wildman–Crippen LogP) is 2.77. The van der Waals surface area contributed by atoms with E-state index < -0.39 is 5.91 Å². The average Bonchev–Trinajstić information content (AvgIpc) is 2.34. The summed E-state index contributed by atoms with van der Waals surface area (Å²) in [5.74, 6) is -0.418. The Morgan fingerprint density at radius 1 is 1.38 bits per heavy atom. The smallest absolute Gasteiger partial charge is 0.248 e. The molecule has 4 heteroatoms. The number of nitrogens with one attached hydrogen (secondary N) is 1. The zero-order chi connectivity index (χ0) is 15.7.